The molecule has 0 atom stereocenters. The summed E-state index contributed by atoms with van der Waals surface area (Å²) in [4.78, 5) is 0. The minimum atomic E-state index is -4.75. The third-order valence-electron chi connectivity index (χ3n) is 5.78. The van der Waals surface area contributed by atoms with E-state index in [4.69, 9.17) is 0 Å². The maximum atomic E-state index is 15.1. The standard InChI is InChI=1S/C30H22F6O/c1-2-3-4-19-5-8-21(9-6-19)23-13-14-25-24(17-23)12-11-22(28(25)33)10-7-20-15-26(31)29(27(32)16-20)37-18-30(34,35)36/h5-6,8-9,11-17H,2-4,18H2,1H3. The minimum absolute atomic E-state index is 0.0127. The first-order chi connectivity index (χ1) is 17.6. The average molecular weight is 512 g/mol. The molecule has 0 aliphatic carbocycles. The van der Waals surface area contributed by atoms with Crippen LogP contribution in [0.4, 0.5) is 26.3 Å². The van der Waals surface area contributed by atoms with Gasteiger partial charge in [-0.3, -0.25) is 0 Å². The lowest BCUT2D eigenvalue weighted by molar-refractivity contribution is -0.154. The summed E-state index contributed by atoms with van der Waals surface area (Å²) in [6.45, 7) is 0.317. The van der Waals surface area contributed by atoms with E-state index in [-0.39, 0.29) is 11.1 Å². The van der Waals surface area contributed by atoms with Gasteiger partial charge in [-0.2, -0.15) is 13.2 Å². The molecule has 0 bridgehead atoms. The Labute approximate surface area is 210 Å². The van der Waals surface area contributed by atoms with E-state index in [0.717, 1.165) is 42.5 Å². The van der Waals surface area contributed by atoms with Crippen molar-refractivity contribution in [3.63, 3.8) is 0 Å². The molecule has 0 spiro atoms. The summed E-state index contributed by atoms with van der Waals surface area (Å²) in [5, 5.41) is 1.00. The molecule has 190 valence electrons. The Hall–Kier alpha value is -3.92. The van der Waals surface area contributed by atoms with Crippen molar-refractivity contribution in [3.8, 4) is 28.7 Å². The van der Waals surface area contributed by atoms with E-state index in [1.165, 1.54) is 11.6 Å². The van der Waals surface area contributed by atoms with E-state index in [0.29, 0.717) is 10.8 Å². The van der Waals surface area contributed by atoms with Gasteiger partial charge in [0, 0.05) is 10.9 Å². The van der Waals surface area contributed by atoms with Crippen LogP contribution in [-0.4, -0.2) is 12.8 Å². The molecule has 0 saturated carbocycles. The second kappa shape index (κ2) is 11.0. The summed E-state index contributed by atoms with van der Waals surface area (Å²) < 4.78 is 84.3. The van der Waals surface area contributed by atoms with Crippen molar-refractivity contribution in [3.05, 3.63) is 101 Å². The van der Waals surface area contributed by atoms with E-state index >= 15 is 4.39 Å². The number of hydrogen-bond donors (Lipinski definition) is 0. The van der Waals surface area contributed by atoms with Crippen LogP contribution in [-0.2, 0) is 6.42 Å². The van der Waals surface area contributed by atoms with E-state index < -0.39 is 36.0 Å². The summed E-state index contributed by atoms with van der Waals surface area (Å²) in [6.07, 6.45) is -1.46. The monoisotopic (exact) mass is 512 g/mol. The number of unbranched alkanes of at least 4 members (excludes halogenated alkanes) is 1. The molecule has 0 heterocycles. The van der Waals surface area contributed by atoms with Crippen LogP contribution in [0.1, 0.15) is 36.5 Å². The van der Waals surface area contributed by atoms with Crippen molar-refractivity contribution < 1.29 is 31.1 Å². The summed E-state index contributed by atoms with van der Waals surface area (Å²) in [5.41, 5.74) is 3.05. The number of aryl methyl sites for hydroxylation is 1. The van der Waals surface area contributed by atoms with Gasteiger partial charge in [0.25, 0.3) is 0 Å². The Balaban J connectivity index is 1.57. The molecule has 0 amide bonds. The van der Waals surface area contributed by atoms with Gasteiger partial charge in [0.1, 0.15) is 5.82 Å². The summed E-state index contributed by atoms with van der Waals surface area (Å²) in [7, 11) is 0. The highest BCUT2D eigenvalue weighted by atomic mass is 19.4. The molecule has 4 aromatic carbocycles. The van der Waals surface area contributed by atoms with Crippen molar-refractivity contribution in [2.24, 2.45) is 0 Å². The van der Waals surface area contributed by atoms with E-state index in [2.05, 4.69) is 35.6 Å². The molecule has 0 unspecified atom stereocenters. The number of rotatable bonds is 6. The number of hydrogen-bond acceptors (Lipinski definition) is 1. The second-order valence-corrected chi connectivity index (χ2v) is 8.59. The molecular formula is C30H22F6O. The van der Waals surface area contributed by atoms with Gasteiger partial charge in [-0.15, -0.1) is 0 Å². The zero-order valence-electron chi connectivity index (χ0n) is 19.9. The van der Waals surface area contributed by atoms with Crippen molar-refractivity contribution in [1.82, 2.24) is 0 Å². The number of benzene rings is 4. The zero-order chi connectivity index (χ0) is 26.6. The second-order valence-electron chi connectivity index (χ2n) is 8.59. The van der Waals surface area contributed by atoms with Crippen molar-refractivity contribution in [1.29, 1.82) is 0 Å². The Morgan fingerprint density at radius 2 is 1.46 bits per heavy atom. The van der Waals surface area contributed by atoms with Gasteiger partial charge < -0.3 is 4.74 Å². The van der Waals surface area contributed by atoms with E-state index in [9.17, 15) is 22.0 Å². The fraction of sp³-hybridized carbons (Fsp3) is 0.200. The highest BCUT2D eigenvalue weighted by Gasteiger charge is 2.29. The van der Waals surface area contributed by atoms with Crippen LogP contribution in [0.25, 0.3) is 21.9 Å². The molecule has 0 fully saturated rings. The van der Waals surface area contributed by atoms with Crippen molar-refractivity contribution in [2.45, 2.75) is 32.4 Å². The lowest BCUT2D eigenvalue weighted by Crippen LogP contribution is -2.20. The Morgan fingerprint density at radius 3 is 2.11 bits per heavy atom. The van der Waals surface area contributed by atoms with Gasteiger partial charge in [0.2, 0.25) is 0 Å². The summed E-state index contributed by atoms with van der Waals surface area (Å²) >= 11 is 0. The predicted octanol–water partition coefficient (Wildman–Crippen LogP) is 8.61. The van der Waals surface area contributed by atoms with Crippen LogP contribution in [0.15, 0.2) is 66.7 Å². The quantitative estimate of drug-likeness (QED) is 0.186. The smallest absolute Gasteiger partial charge is 0.422 e. The largest absolute Gasteiger partial charge is 0.478 e. The third kappa shape index (κ3) is 6.45. The number of alkyl halides is 3. The maximum Gasteiger partial charge on any atom is 0.422 e. The Morgan fingerprint density at radius 1 is 0.784 bits per heavy atom. The molecule has 4 aromatic rings. The third-order valence-corrected chi connectivity index (χ3v) is 5.78. The Bertz CT molecular complexity index is 1450. The van der Waals surface area contributed by atoms with Crippen LogP contribution in [0.3, 0.4) is 0 Å². The highest BCUT2D eigenvalue weighted by molar-refractivity contribution is 5.89. The number of fused-ring (bicyclic) bond motifs is 1. The molecule has 0 aliphatic heterocycles. The van der Waals surface area contributed by atoms with Crippen LogP contribution in [0.5, 0.6) is 5.75 Å². The van der Waals surface area contributed by atoms with Gasteiger partial charge in [0.15, 0.2) is 24.0 Å². The number of ether oxygens (including phenoxy) is 1. The molecule has 0 saturated heterocycles. The van der Waals surface area contributed by atoms with E-state index in [1.807, 2.05) is 24.3 Å². The minimum Gasteiger partial charge on any atom is -0.478 e. The zero-order valence-corrected chi connectivity index (χ0v) is 19.9. The van der Waals surface area contributed by atoms with Crippen LogP contribution in [0.2, 0.25) is 0 Å². The molecule has 1 nitrogen and oxygen atoms in total. The lowest BCUT2D eigenvalue weighted by atomic mass is 9.98. The first-order valence-corrected chi connectivity index (χ1v) is 11.7. The molecular weight excluding hydrogens is 490 g/mol. The molecule has 4 rings (SSSR count). The predicted molar refractivity (Wildman–Crippen MR) is 132 cm³/mol. The maximum absolute atomic E-state index is 15.1. The van der Waals surface area contributed by atoms with Gasteiger partial charge >= 0.3 is 6.18 Å². The first-order valence-electron chi connectivity index (χ1n) is 11.7. The van der Waals surface area contributed by atoms with Crippen LogP contribution < -0.4 is 4.74 Å². The number of halogens is 6. The van der Waals surface area contributed by atoms with Crippen LogP contribution in [0, 0.1) is 29.3 Å². The summed E-state index contributed by atoms with van der Waals surface area (Å²) in [6, 6.07) is 18.3. The van der Waals surface area contributed by atoms with Gasteiger partial charge in [-0.1, -0.05) is 67.6 Å². The molecule has 0 aromatic heterocycles. The fourth-order valence-corrected chi connectivity index (χ4v) is 3.88. The van der Waals surface area contributed by atoms with Crippen LogP contribution >= 0.6 is 0 Å². The van der Waals surface area contributed by atoms with Gasteiger partial charge in [-0.25, -0.2) is 13.2 Å². The first kappa shape index (κ1) is 26.2. The molecule has 37 heavy (non-hydrogen) atoms. The Kier molecular flexibility index (Phi) is 7.77. The lowest BCUT2D eigenvalue weighted by Gasteiger charge is -2.10. The van der Waals surface area contributed by atoms with Crippen molar-refractivity contribution >= 4 is 10.8 Å². The topological polar surface area (TPSA) is 9.23 Å². The van der Waals surface area contributed by atoms with Gasteiger partial charge in [0.05, 0.1) is 5.56 Å². The fourth-order valence-electron chi connectivity index (χ4n) is 3.88. The highest BCUT2D eigenvalue weighted by Crippen LogP contribution is 2.29. The van der Waals surface area contributed by atoms with Crippen molar-refractivity contribution in [2.75, 3.05) is 6.61 Å². The van der Waals surface area contributed by atoms with Gasteiger partial charge in [-0.05, 0) is 59.2 Å². The normalized spacial score (nSPS) is 11.3. The molecule has 7 heteroatoms. The molecule has 0 radical (unpaired) electrons. The molecule has 0 N–H and O–H groups in total. The summed E-state index contributed by atoms with van der Waals surface area (Å²) in [5.74, 6) is 0.596. The van der Waals surface area contributed by atoms with E-state index in [1.54, 1.807) is 12.1 Å². The average Bonchev–Trinajstić information content (AvgIpc) is 2.86. The molecule has 0 aliphatic rings. The SMILES string of the molecule is CCCCc1ccc(-c2ccc3c(F)c(C#Cc4cc(F)c(OCC(F)(F)F)c(F)c4)ccc3c2)cc1.